The molecule has 1 saturated heterocycles. The second-order valence-electron chi connectivity index (χ2n) is 5.88. The molecule has 124 valence electrons. The van der Waals surface area contributed by atoms with Crippen molar-refractivity contribution in [1.29, 1.82) is 5.26 Å². The molecule has 1 N–H and O–H groups in total. The summed E-state index contributed by atoms with van der Waals surface area (Å²) in [6.45, 7) is 3.34. The van der Waals surface area contributed by atoms with Crippen molar-refractivity contribution in [2.75, 3.05) is 18.9 Å². The highest BCUT2D eigenvalue weighted by Gasteiger charge is 2.16. The Balaban J connectivity index is 1.64. The Kier molecular flexibility index (Phi) is 5.34. The molecule has 1 fully saturated rings. The number of nitrogens with one attached hydrogen (secondary N) is 1. The van der Waals surface area contributed by atoms with Gasteiger partial charge in [0.1, 0.15) is 11.1 Å². The summed E-state index contributed by atoms with van der Waals surface area (Å²) in [6.07, 6.45) is 2.19. The molecule has 1 atom stereocenters. The predicted molar refractivity (Wildman–Crippen MR) is 93.9 cm³/mol. The Morgan fingerprint density at radius 2 is 2.38 bits per heavy atom. The number of ether oxygens (including phenoxy) is 1. The van der Waals surface area contributed by atoms with E-state index in [1.807, 2.05) is 31.2 Å². The minimum atomic E-state index is -0.0646. The molecule has 0 unspecified atom stereocenters. The third-order valence-corrected chi connectivity index (χ3v) is 4.94. The summed E-state index contributed by atoms with van der Waals surface area (Å²) in [7, 11) is 0. The Morgan fingerprint density at radius 1 is 1.50 bits per heavy atom. The molecule has 1 aromatic carbocycles. The number of thioether (sulfide) groups is 1. The van der Waals surface area contributed by atoms with Gasteiger partial charge in [-0.05, 0) is 38.0 Å². The predicted octanol–water partition coefficient (Wildman–Crippen LogP) is 2.80. The number of pyridine rings is 1. The van der Waals surface area contributed by atoms with Gasteiger partial charge in [-0.15, -0.1) is 0 Å². The number of nitriles is 1. The molecule has 1 amide bonds. The second-order valence-corrected chi connectivity index (χ2v) is 6.84. The molecule has 6 heteroatoms. The lowest BCUT2D eigenvalue weighted by Gasteiger charge is -2.11. The van der Waals surface area contributed by atoms with Crippen molar-refractivity contribution < 1.29 is 9.53 Å². The first-order valence-electron chi connectivity index (χ1n) is 7.98. The molecule has 0 saturated carbocycles. The first kappa shape index (κ1) is 16.7. The molecule has 1 aliphatic rings. The number of benzene rings is 1. The van der Waals surface area contributed by atoms with E-state index in [2.05, 4.69) is 16.4 Å². The fourth-order valence-electron chi connectivity index (χ4n) is 2.69. The standard InChI is InChI=1S/C18H19N3O2S/c1-12-4-5-16-13(7-12)8-14(9-19)18(21-16)24-11-17(22)20-10-15-3-2-6-23-15/h4-5,7-8,15H,2-3,6,10-11H2,1H3,(H,20,22)/t15-/m1/s1. The summed E-state index contributed by atoms with van der Waals surface area (Å²) in [5.74, 6) is 0.177. The van der Waals surface area contributed by atoms with Gasteiger partial charge in [0.05, 0.1) is 22.9 Å². The molecule has 2 heterocycles. The summed E-state index contributed by atoms with van der Waals surface area (Å²) in [5, 5.41) is 13.8. The molecule has 2 aromatic rings. The van der Waals surface area contributed by atoms with Gasteiger partial charge >= 0.3 is 0 Å². The number of fused-ring (bicyclic) bond motifs is 1. The number of carbonyl (C=O) groups is 1. The minimum Gasteiger partial charge on any atom is -0.376 e. The number of aromatic nitrogens is 1. The third kappa shape index (κ3) is 4.05. The van der Waals surface area contributed by atoms with Crippen LogP contribution in [0.25, 0.3) is 10.9 Å². The summed E-state index contributed by atoms with van der Waals surface area (Å²) in [6, 6.07) is 9.94. The lowest BCUT2D eigenvalue weighted by atomic mass is 10.1. The first-order valence-corrected chi connectivity index (χ1v) is 8.97. The van der Waals surface area contributed by atoms with Crippen LogP contribution in [0.15, 0.2) is 29.3 Å². The number of aryl methyl sites for hydroxylation is 1. The van der Waals surface area contributed by atoms with Gasteiger partial charge in [-0.25, -0.2) is 4.98 Å². The van der Waals surface area contributed by atoms with Crippen LogP contribution in [0.4, 0.5) is 0 Å². The maximum atomic E-state index is 12.0. The summed E-state index contributed by atoms with van der Waals surface area (Å²) < 4.78 is 5.48. The van der Waals surface area contributed by atoms with Crippen LogP contribution in [0, 0.1) is 18.3 Å². The molecule has 1 aromatic heterocycles. The lowest BCUT2D eigenvalue weighted by molar-refractivity contribution is -0.119. The van der Waals surface area contributed by atoms with Gasteiger partial charge in [0.25, 0.3) is 0 Å². The number of amides is 1. The normalized spacial score (nSPS) is 16.9. The highest BCUT2D eigenvalue weighted by molar-refractivity contribution is 8.00. The van der Waals surface area contributed by atoms with E-state index in [4.69, 9.17) is 4.74 Å². The second kappa shape index (κ2) is 7.65. The van der Waals surface area contributed by atoms with Crippen LogP contribution < -0.4 is 5.32 Å². The quantitative estimate of drug-likeness (QED) is 0.847. The molecule has 3 rings (SSSR count). The number of nitrogens with zero attached hydrogens (tertiary/aromatic N) is 2. The van der Waals surface area contributed by atoms with E-state index >= 15 is 0 Å². The van der Waals surface area contributed by atoms with Crippen LogP contribution in [0.3, 0.4) is 0 Å². The van der Waals surface area contributed by atoms with Gasteiger partial charge in [-0.3, -0.25) is 4.79 Å². The van der Waals surface area contributed by atoms with Crippen molar-refractivity contribution in [3.63, 3.8) is 0 Å². The molecule has 0 bridgehead atoms. The third-order valence-electron chi connectivity index (χ3n) is 3.95. The molecule has 0 aliphatic carbocycles. The average Bonchev–Trinajstić information content (AvgIpc) is 3.10. The fourth-order valence-corrected chi connectivity index (χ4v) is 3.48. The topological polar surface area (TPSA) is 75.0 Å². The number of rotatable bonds is 5. The number of hydrogen-bond acceptors (Lipinski definition) is 5. The van der Waals surface area contributed by atoms with Crippen molar-refractivity contribution in [2.24, 2.45) is 0 Å². The van der Waals surface area contributed by atoms with E-state index in [9.17, 15) is 10.1 Å². The smallest absolute Gasteiger partial charge is 0.230 e. The number of carbonyl (C=O) groups excluding carboxylic acids is 1. The van der Waals surface area contributed by atoms with Crippen molar-refractivity contribution >= 4 is 28.6 Å². The van der Waals surface area contributed by atoms with Crippen LogP contribution in [-0.4, -0.2) is 35.9 Å². The van der Waals surface area contributed by atoms with Crippen molar-refractivity contribution in [1.82, 2.24) is 10.3 Å². The SMILES string of the molecule is Cc1ccc2nc(SCC(=O)NC[C@H]3CCCO3)c(C#N)cc2c1. The zero-order valence-corrected chi connectivity index (χ0v) is 14.4. The van der Waals surface area contributed by atoms with Crippen LogP contribution in [-0.2, 0) is 9.53 Å². The van der Waals surface area contributed by atoms with E-state index in [-0.39, 0.29) is 17.8 Å². The van der Waals surface area contributed by atoms with Crippen LogP contribution in [0.5, 0.6) is 0 Å². The van der Waals surface area contributed by atoms with Gasteiger partial charge < -0.3 is 10.1 Å². The fraction of sp³-hybridized carbons (Fsp3) is 0.389. The van der Waals surface area contributed by atoms with Gasteiger partial charge in [0.15, 0.2) is 0 Å². The minimum absolute atomic E-state index is 0.0646. The summed E-state index contributed by atoms with van der Waals surface area (Å²) >= 11 is 1.29. The van der Waals surface area contributed by atoms with E-state index in [1.54, 1.807) is 0 Å². The van der Waals surface area contributed by atoms with Gasteiger partial charge in [-0.1, -0.05) is 23.4 Å². The zero-order valence-electron chi connectivity index (χ0n) is 13.5. The molecular formula is C18H19N3O2S. The Bertz CT molecular complexity index is 795. The molecule has 24 heavy (non-hydrogen) atoms. The number of hydrogen-bond donors (Lipinski definition) is 1. The maximum absolute atomic E-state index is 12.0. The van der Waals surface area contributed by atoms with Crippen LogP contribution in [0.2, 0.25) is 0 Å². The van der Waals surface area contributed by atoms with Crippen molar-refractivity contribution in [2.45, 2.75) is 30.9 Å². The maximum Gasteiger partial charge on any atom is 0.230 e. The first-order chi connectivity index (χ1) is 11.7. The molecule has 0 spiro atoms. The van der Waals surface area contributed by atoms with Gasteiger partial charge in [0, 0.05) is 18.5 Å². The van der Waals surface area contributed by atoms with E-state index in [0.29, 0.717) is 17.1 Å². The molecule has 5 nitrogen and oxygen atoms in total. The molecule has 1 aliphatic heterocycles. The van der Waals surface area contributed by atoms with Crippen LogP contribution >= 0.6 is 11.8 Å². The van der Waals surface area contributed by atoms with Crippen molar-refractivity contribution in [3.8, 4) is 6.07 Å². The average molecular weight is 341 g/mol. The highest BCUT2D eigenvalue weighted by atomic mass is 32.2. The molecular weight excluding hydrogens is 322 g/mol. The highest BCUT2D eigenvalue weighted by Crippen LogP contribution is 2.25. The zero-order chi connectivity index (χ0) is 16.9. The van der Waals surface area contributed by atoms with Crippen LogP contribution in [0.1, 0.15) is 24.0 Å². The summed E-state index contributed by atoms with van der Waals surface area (Å²) in [5.41, 5.74) is 2.47. The summed E-state index contributed by atoms with van der Waals surface area (Å²) in [4.78, 5) is 16.5. The monoisotopic (exact) mass is 341 g/mol. The largest absolute Gasteiger partial charge is 0.376 e. The molecule has 0 radical (unpaired) electrons. The Morgan fingerprint density at radius 3 is 3.12 bits per heavy atom. The Labute approximate surface area is 145 Å². The van der Waals surface area contributed by atoms with E-state index < -0.39 is 0 Å². The van der Waals surface area contributed by atoms with E-state index in [1.165, 1.54) is 11.8 Å². The van der Waals surface area contributed by atoms with Crippen molar-refractivity contribution in [3.05, 3.63) is 35.4 Å². The Hall–Kier alpha value is -2.10. The van der Waals surface area contributed by atoms with Gasteiger partial charge in [0.2, 0.25) is 5.91 Å². The van der Waals surface area contributed by atoms with E-state index in [0.717, 1.165) is 35.9 Å². The lowest BCUT2D eigenvalue weighted by Crippen LogP contribution is -2.32. The van der Waals surface area contributed by atoms with Gasteiger partial charge in [-0.2, -0.15) is 5.26 Å².